The molecule has 18 heavy (non-hydrogen) atoms. The maximum Gasteiger partial charge on any atom is 0.268 e. The van der Waals surface area contributed by atoms with Crippen LogP contribution in [0.2, 0.25) is 0 Å². The molecule has 94 valence electrons. The predicted octanol–water partition coefficient (Wildman–Crippen LogP) is 0.819. The Kier molecular flexibility index (Phi) is 3.29. The fourth-order valence-corrected chi connectivity index (χ4v) is 1.75. The number of benzene rings is 1. The maximum absolute atomic E-state index is 11.5. The van der Waals surface area contributed by atoms with Gasteiger partial charge in [0.05, 0.1) is 17.9 Å². The molecule has 6 nitrogen and oxygen atoms in total. The standard InChI is InChI=1S/C12H14N4O2/c1-2-18-9-5-3-4-7-10(13)8(12(17)16-14)6-15-11(7)9/h3-6H,2,14H2,1H3,(H2,13,15)(H,16,17). The molecular weight excluding hydrogens is 232 g/mol. The minimum Gasteiger partial charge on any atom is -0.492 e. The molecular formula is C12H14N4O2. The number of para-hydroxylation sites is 1. The van der Waals surface area contributed by atoms with Crippen LogP contribution in [0.15, 0.2) is 24.4 Å². The van der Waals surface area contributed by atoms with Gasteiger partial charge in [0.15, 0.2) is 0 Å². The summed E-state index contributed by atoms with van der Waals surface area (Å²) in [7, 11) is 0. The number of ether oxygens (including phenoxy) is 1. The maximum atomic E-state index is 11.5. The van der Waals surface area contributed by atoms with Gasteiger partial charge in [-0.3, -0.25) is 15.2 Å². The average molecular weight is 246 g/mol. The third-order valence-electron chi connectivity index (χ3n) is 2.58. The van der Waals surface area contributed by atoms with Gasteiger partial charge in [-0.1, -0.05) is 12.1 Å². The molecule has 0 saturated heterocycles. The summed E-state index contributed by atoms with van der Waals surface area (Å²) in [5, 5.41) is 0.669. The number of hydrogen-bond acceptors (Lipinski definition) is 5. The van der Waals surface area contributed by atoms with E-state index in [2.05, 4.69) is 4.98 Å². The van der Waals surface area contributed by atoms with Crippen molar-refractivity contribution < 1.29 is 9.53 Å². The van der Waals surface area contributed by atoms with Crippen molar-refractivity contribution in [1.82, 2.24) is 10.4 Å². The van der Waals surface area contributed by atoms with Gasteiger partial charge in [0.1, 0.15) is 11.3 Å². The lowest BCUT2D eigenvalue weighted by Crippen LogP contribution is -2.30. The first-order valence-corrected chi connectivity index (χ1v) is 5.50. The summed E-state index contributed by atoms with van der Waals surface area (Å²) < 4.78 is 5.46. The van der Waals surface area contributed by atoms with Gasteiger partial charge in [0.2, 0.25) is 0 Å². The first-order chi connectivity index (χ1) is 8.69. The number of nitrogen functional groups attached to an aromatic ring is 2. The lowest BCUT2D eigenvalue weighted by molar-refractivity contribution is 0.0954. The molecule has 2 rings (SSSR count). The van der Waals surface area contributed by atoms with E-state index >= 15 is 0 Å². The molecule has 6 heteroatoms. The van der Waals surface area contributed by atoms with E-state index in [1.807, 2.05) is 12.3 Å². The Hall–Kier alpha value is -2.34. The largest absolute Gasteiger partial charge is 0.492 e. The number of aromatic nitrogens is 1. The predicted molar refractivity (Wildman–Crippen MR) is 69.0 cm³/mol. The normalized spacial score (nSPS) is 10.3. The van der Waals surface area contributed by atoms with Crippen LogP contribution < -0.4 is 21.7 Å². The van der Waals surface area contributed by atoms with Gasteiger partial charge in [-0.05, 0) is 13.0 Å². The van der Waals surface area contributed by atoms with E-state index in [0.29, 0.717) is 28.9 Å². The number of rotatable bonds is 3. The number of nitrogens with one attached hydrogen (secondary N) is 1. The van der Waals surface area contributed by atoms with Gasteiger partial charge in [-0.2, -0.15) is 0 Å². The van der Waals surface area contributed by atoms with Gasteiger partial charge in [-0.15, -0.1) is 0 Å². The van der Waals surface area contributed by atoms with Crippen LogP contribution in [0.1, 0.15) is 17.3 Å². The van der Waals surface area contributed by atoms with Crippen molar-refractivity contribution >= 4 is 22.5 Å². The Bertz CT molecular complexity index is 598. The Morgan fingerprint density at radius 1 is 1.50 bits per heavy atom. The molecule has 1 heterocycles. The summed E-state index contributed by atoms with van der Waals surface area (Å²) >= 11 is 0. The highest BCUT2D eigenvalue weighted by Crippen LogP contribution is 2.29. The van der Waals surface area contributed by atoms with Gasteiger partial charge in [-0.25, -0.2) is 5.84 Å². The molecule has 0 bridgehead atoms. The highest BCUT2D eigenvalue weighted by atomic mass is 16.5. The zero-order chi connectivity index (χ0) is 13.1. The third-order valence-corrected chi connectivity index (χ3v) is 2.58. The van der Waals surface area contributed by atoms with Crippen LogP contribution in [0.5, 0.6) is 5.75 Å². The van der Waals surface area contributed by atoms with Crippen molar-refractivity contribution in [3.05, 3.63) is 30.0 Å². The number of hydrazine groups is 1. The fraction of sp³-hybridized carbons (Fsp3) is 0.167. The molecule has 0 unspecified atom stereocenters. The van der Waals surface area contributed by atoms with Gasteiger partial charge >= 0.3 is 0 Å². The van der Waals surface area contributed by atoms with Crippen LogP contribution in [-0.4, -0.2) is 17.5 Å². The van der Waals surface area contributed by atoms with Crippen LogP contribution in [0.3, 0.4) is 0 Å². The van der Waals surface area contributed by atoms with Gasteiger partial charge in [0.25, 0.3) is 5.91 Å². The molecule has 1 aromatic carbocycles. The minimum absolute atomic E-state index is 0.249. The lowest BCUT2D eigenvalue weighted by Gasteiger charge is -2.10. The number of anilines is 1. The Morgan fingerprint density at radius 3 is 2.94 bits per heavy atom. The topological polar surface area (TPSA) is 103 Å². The van der Waals surface area contributed by atoms with E-state index in [4.69, 9.17) is 16.3 Å². The fourth-order valence-electron chi connectivity index (χ4n) is 1.75. The summed E-state index contributed by atoms with van der Waals surface area (Å²) in [6.07, 6.45) is 1.39. The van der Waals surface area contributed by atoms with Crippen LogP contribution >= 0.6 is 0 Å². The summed E-state index contributed by atoms with van der Waals surface area (Å²) in [4.78, 5) is 15.7. The molecule has 0 radical (unpaired) electrons. The molecule has 0 fully saturated rings. The van der Waals surface area contributed by atoms with E-state index in [1.165, 1.54) is 6.20 Å². The number of carbonyl (C=O) groups is 1. The van der Waals surface area contributed by atoms with E-state index in [0.717, 1.165) is 0 Å². The van der Waals surface area contributed by atoms with Gasteiger partial charge in [0, 0.05) is 11.6 Å². The summed E-state index contributed by atoms with van der Waals surface area (Å²) in [5.74, 6) is 5.26. The number of fused-ring (bicyclic) bond motifs is 1. The first-order valence-electron chi connectivity index (χ1n) is 5.50. The molecule has 1 amide bonds. The molecule has 0 atom stereocenters. The van der Waals surface area contributed by atoms with Crippen molar-refractivity contribution in [2.24, 2.45) is 5.84 Å². The Balaban J connectivity index is 2.65. The number of pyridine rings is 1. The van der Waals surface area contributed by atoms with E-state index in [1.54, 1.807) is 18.2 Å². The monoisotopic (exact) mass is 246 g/mol. The quantitative estimate of drug-likeness (QED) is 0.422. The van der Waals surface area contributed by atoms with Crippen molar-refractivity contribution in [3.8, 4) is 5.75 Å². The number of nitrogens with zero attached hydrogens (tertiary/aromatic N) is 1. The lowest BCUT2D eigenvalue weighted by atomic mass is 10.1. The molecule has 0 saturated carbocycles. The average Bonchev–Trinajstić information content (AvgIpc) is 2.39. The second-order valence-corrected chi connectivity index (χ2v) is 3.64. The molecule has 0 aliphatic heterocycles. The van der Waals surface area contributed by atoms with Crippen molar-refractivity contribution in [1.29, 1.82) is 0 Å². The summed E-state index contributed by atoms with van der Waals surface area (Å²) in [5.41, 5.74) is 9.20. The first kappa shape index (κ1) is 12.1. The Labute approximate surface area is 104 Å². The van der Waals surface area contributed by atoms with Crippen molar-refractivity contribution in [2.45, 2.75) is 6.92 Å². The van der Waals surface area contributed by atoms with Crippen molar-refractivity contribution in [2.75, 3.05) is 12.3 Å². The second kappa shape index (κ2) is 4.89. The van der Waals surface area contributed by atoms with Crippen LogP contribution in [0.25, 0.3) is 10.9 Å². The second-order valence-electron chi connectivity index (χ2n) is 3.64. The SMILES string of the molecule is CCOc1cccc2c(N)c(C(=O)NN)cnc12. The highest BCUT2D eigenvalue weighted by Gasteiger charge is 2.14. The van der Waals surface area contributed by atoms with E-state index in [9.17, 15) is 4.79 Å². The highest BCUT2D eigenvalue weighted by molar-refractivity contribution is 6.06. The zero-order valence-corrected chi connectivity index (χ0v) is 9.93. The number of amides is 1. The molecule has 0 spiro atoms. The third kappa shape index (κ3) is 1.93. The minimum atomic E-state index is -0.469. The van der Waals surface area contributed by atoms with E-state index in [-0.39, 0.29) is 5.56 Å². The summed E-state index contributed by atoms with van der Waals surface area (Å²) in [6.45, 7) is 2.42. The molecule has 1 aromatic heterocycles. The Morgan fingerprint density at radius 2 is 2.28 bits per heavy atom. The van der Waals surface area contributed by atoms with Crippen LogP contribution in [0.4, 0.5) is 5.69 Å². The molecule has 0 aliphatic rings. The van der Waals surface area contributed by atoms with Crippen LogP contribution in [-0.2, 0) is 0 Å². The van der Waals surface area contributed by atoms with Gasteiger partial charge < -0.3 is 10.5 Å². The molecule has 2 aromatic rings. The van der Waals surface area contributed by atoms with Crippen molar-refractivity contribution in [3.63, 3.8) is 0 Å². The zero-order valence-electron chi connectivity index (χ0n) is 9.93. The van der Waals surface area contributed by atoms with E-state index < -0.39 is 5.91 Å². The number of nitrogens with two attached hydrogens (primary N) is 2. The molecule has 0 aliphatic carbocycles. The summed E-state index contributed by atoms with van der Waals surface area (Å²) in [6, 6.07) is 5.39. The number of hydrogen-bond donors (Lipinski definition) is 3. The smallest absolute Gasteiger partial charge is 0.268 e. The number of carbonyl (C=O) groups excluding carboxylic acids is 1. The van der Waals surface area contributed by atoms with Crippen LogP contribution in [0, 0.1) is 0 Å². The molecule has 5 N–H and O–H groups in total.